The molecule has 2 N–H and O–H groups in total. The number of piperidine rings is 2. The van der Waals surface area contributed by atoms with Crippen LogP contribution in [0.1, 0.15) is 64.2 Å². The maximum absolute atomic E-state index is 3.82. The van der Waals surface area contributed by atoms with Crippen LogP contribution in [0.3, 0.4) is 0 Å². The number of nitrogens with one attached hydrogen (secondary N) is 2. The molecule has 0 radical (unpaired) electrons. The lowest BCUT2D eigenvalue weighted by molar-refractivity contribution is 0.114. The van der Waals surface area contributed by atoms with Crippen LogP contribution in [0.4, 0.5) is 0 Å². The molecular weight excluding hydrogens is 244 g/mol. The van der Waals surface area contributed by atoms with Crippen molar-refractivity contribution in [2.24, 2.45) is 22.7 Å². The van der Waals surface area contributed by atoms with Crippen LogP contribution in [0.25, 0.3) is 0 Å². The second-order valence-electron chi connectivity index (χ2n) is 8.56. The first-order valence-electron chi connectivity index (χ1n) is 9.21. The van der Waals surface area contributed by atoms with Gasteiger partial charge in [-0.25, -0.2) is 0 Å². The topological polar surface area (TPSA) is 24.1 Å². The Bertz CT molecular complexity index is 339. The molecule has 2 aliphatic heterocycles. The third kappa shape index (κ3) is 2.43. The van der Waals surface area contributed by atoms with Gasteiger partial charge in [0.15, 0.2) is 0 Å². The van der Waals surface area contributed by atoms with Crippen LogP contribution in [-0.2, 0) is 0 Å². The highest BCUT2D eigenvalue weighted by Gasteiger charge is 2.46. The molecule has 4 aliphatic rings. The van der Waals surface area contributed by atoms with Gasteiger partial charge in [-0.2, -0.15) is 0 Å². The Morgan fingerprint density at radius 2 is 1.45 bits per heavy atom. The Morgan fingerprint density at radius 3 is 2.25 bits per heavy atom. The molecule has 4 rings (SSSR count). The van der Waals surface area contributed by atoms with E-state index in [-0.39, 0.29) is 0 Å². The molecule has 4 fully saturated rings. The van der Waals surface area contributed by atoms with Gasteiger partial charge in [-0.3, -0.25) is 0 Å². The van der Waals surface area contributed by atoms with Gasteiger partial charge in [-0.05, 0) is 93.7 Å². The first-order chi connectivity index (χ1) is 9.79. The molecule has 2 unspecified atom stereocenters. The lowest BCUT2D eigenvalue weighted by Gasteiger charge is -2.42. The number of rotatable bonds is 1. The minimum atomic E-state index is 0.715. The second-order valence-corrected chi connectivity index (χ2v) is 8.56. The second kappa shape index (κ2) is 5.28. The van der Waals surface area contributed by atoms with Crippen molar-refractivity contribution in [3.63, 3.8) is 0 Å². The molecule has 20 heavy (non-hydrogen) atoms. The van der Waals surface area contributed by atoms with Gasteiger partial charge in [-0.15, -0.1) is 0 Å². The van der Waals surface area contributed by atoms with Crippen molar-refractivity contribution in [1.29, 1.82) is 0 Å². The monoisotopic (exact) mass is 276 g/mol. The summed E-state index contributed by atoms with van der Waals surface area (Å²) in [5.74, 6) is 2.04. The summed E-state index contributed by atoms with van der Waals surface area (Å²) in [4.78, 5) is 0. The Labute approximate surface area is 124 Å². The summed E-state index contributed by atoms with van der Waals surface area (Å²) in [7, 11) is 0. The molecular formula is C18H32N2. The minimum absolute atomic E-state index is 0.715. The van der Waals surface area contributed by atoms with Gasteiger partial charge in [0.2, 0.25) is 0 Å². The molecule has 2 saturated heterocycles. The quantitative estimate of drug-likeness (QED) is 0.767. The zero-order valence-electron chi connectivity index (χ0n) is 13.1. The van der Waals surface area contributed by atoms with E-state index in [0.717, 1.165) is 17.3 Å². The van der Waals surface area contributed by atoms with Gasteiger partial charge in [0.05, 0.1) is 0 Å². The molecule has 0 aromatic carbocycles. The fourth-order valence-electron chi connectivity index (χ4n) is 6.13. The molecule has 0 aromatic heterocycles. The standard InChI is InChI=1S/C18H32N2/c1-2-5-18(4-1)12-16(13-20-14-18)15-3-6-17(11-15)7-9-19-10-8-17/h15-16,19-20H,1-14H2. The summed E-state index contributed by atoms with van der Waals surface area (Å²) in [6.45, 7) is 5.20. The van der Waals surface area contributed by atoms with Crippen LogP contribution in [-0.4, -0.2) is 26.2 Å². The van der Waals surface area contributed by atoms with Crippen LogP contribution >= 0.6 is 0 Å². The van der Waals surface area contributed by atoms with Crippen molar-refractivity contribution in [2.75, 3.05) is 26.2 Å². The SMILES string of the molecule is C1CCC2(C1)CNCC(C1CCC3(CCNCC3)C1)C2. The van der Waals surface area contributed by atoms with Crippen molar-refractivity contribution < 1.29 is 0 Å². The van der Waals surface area contributed by atoms with Crippen LogP contribution in [0.15, 0.2) is 0 Å². The van der Waals surface area contributed by atoms with Crippen LogP contribution < -0.4 is 10.6 Å². The highest BCUT2D eigenvalue weighted by molar-refractivity contribution is 4.99. The largest absolute Gasteiger partial charge is 0.317 e. The summed E-state index contributed by atoms with van der Waals surface area (Å²) < 4.78 is 0. The van der Waals surface area contributed by atoms with E-state index >= 15 is 0 Å². The summed E-state index contributed by atoms with van der Waals surface area (Å²) in [5.41, 5.74) is 1.46. The van der Waals surface area contributed by atoms with E-state index < -0.39 is 0 Å². The molecule has 2 heteroatoms. The van der Waals surface area contributed by atoms with E-state index in [0.29, 0.717) is 5.41 Å². The Kier molecular flexibility index (Phi) is 3.58. The third-order valence-electron chi connectivity index (χ3n) is 7.34. The van der Waals surface area contributed by atoms with Gasteiger partial charge in [0.25, 0.3) is 0 Å². The average molecular weight is 276 g/mol. The summed E-state index contributed by atoms with van der Waals surface area (Å²) >= 11 is 0. The fraction of sp³-hybridized carbons (Fsp3) is 1.00. The lowest BCUT2D eigenvalue weighted by Crippen LogP contribution is -2.45. The van der Waals surface area contributed by atoms with Gasteiger partial charge in [-0.1, -0.05) is 12.8 Å². The van der Waals surface area contributed by atoms with Gasteiger partial charge in [0.1, 0.15) is 0 Å². The molecule has 2 nitrogen and oxygen atoms in total. The predicted molar refractivity (Wildman–Crippen MR) is 83.8 cm³/mol. The van der Waals surface area contributed by atoms with Crippen molar-refractivity contribution in [2.45, 2.75) is 64.2 Å². The highest BCUT2D eigenvalue weighted by atomic mass is 14.9. The van der Waals surface area contributed by atoms with Gasteiger partial charge >= 0.3 is 0 Å². The predicted octanol–water partition coefficient (Wildman–Crippen LogP) is 3.33. The zero-order chi connectivity index (χ0) is 13.5. The van der Waals surface area contributed by atoms with Crippen molar-refractivity contribution in [3.8, 4) is 0 Å². The molecule has 114 valence electrons. The summed E-state index contributed by atoms with van der Waals surface area (Å²) in [6, 6.07) is 0. The maximum Gasteiger partial charge on any atom is 0.000804 e. The van der Waals surface area contributed by atoms with Crippen molar-refractivity contribution >= 4 is 0 Å². The first-order valence-corrected chi connectivity index (χ1v) is 9.21. The molecule has 2 spiro atoms. The van der Waals surface area contributed by atoms with E-state index in [9.17, 15) is 0 Å². The van der Waals surface area contributed by atoms with Crippen LogP contribution in [0.2, 0.25) is 0 Å². The molecule has 2 saturated carbocycles. The minimum Gasteiger partial charge on any atom is -0.317 e. The number of hydrogen-bond donors (Lipinski definition) is 2. The summed E-state index contributed by atoms with van der Waals surface area (Å²) in [5, 5.41) is 7.38. The highest BCUT2D eigenvalue weighted by Crippen LogP contribution is 2.53. The molecule has 2 heterocycles. The van der Waals surface area contributed by atoms with Crippen LogP contribution in [0, 0.1) is 22.7 Å². The van der Waals surface area contributed by atoms with Gasteiger partial charge in [0, 0.05) is 6.54 Å². The fourth-order valence-corrected chi connectivity index (χ4v) is 6.13. The van der Waals surface area contributed by atoms with E-state index in [1.807, 2.05) is 0 Å². The summed E-state index contributed by atoms with van der Waals surface area (Å²) in [6.07, 6.45) is 15.1. The average Bonchev–Trinajstić information content (AvgIpc) is 3.08. The number of hydrogen-bond acceptors (Lipinski definition) is 2. The molecule has 0 amide bonds. The third-order valence-corrected chi connectivity index (χ3v) is 7.34. The molecule has 2 aliphatic carbocycles. The zero-order valence-corrected chi connectivity index (χ0v) is 13.1. The Morgan fingerprint density at radius 1 is 0.700 bits per heavy atom. The molecule has 0 aromatic rings. The van der Waals surface area contributed by atoms with E-state index in [4.69, 9.17) is 0 Å². The Hall–Kier alpha value is -0.0800. The molecule has 0 bridgehead atoms. The van der Waals surface area contributed by atoms with E-state index in [1.165, 1.54) is 77.5 Å². The normalized spacial score (nSPS) is 39.6. The smallest absolute Gasteiger partial charge is 0.000804 e. The first kappa shape index (κ1) is 13.6. The van der Waals surface area contributed by atoms with E-state index in [1.54, 1.807) is 12.8 Å². The lowest BCUT2D eigenvalue weighted by atomic mass is 9.69. The Balaban J connectivity index is 1.40. The van der Waals surface area contributed by atoms with Crippen molar-refractivity contribution in [1.82, 2.24) is 10.6 Å². The van der Waals surface area contributed by atoms with E-state index in [2.05, 4.69) is 10.6 Å². The van der Waals surface area contributed by atoms with Gasteiger partial charge < -0.3 is 10.6 Å². The van der Waals surface area contributed by atoms with Crippen LogP contribution in [0.5, 0.6) is 0 Å². The maximum atomic E-state index is 3.82. The molecule has 2 atom stereocenters. The van der Waals surface area contributed by atoms with Crippen molar-refractivity contribution in [3.05, 3.63) is 0 Å².